The van der Waals surface area contributed by atoms with Gasteiger partial charge in [0.2, 0.25) is 0 Å². The third-order valence-electron chi connectivity index (χ3n) is 1.99. The fourth-order valence-corrected chi connectivity index (χ4v) is 2.56. The quantitative estimate of drug-likeness (QED) is 0.812. The summed E-state index contributed by atoms with van der Waals surface area (Å²) in [6.45, 7) is 2.71. The van der Waals surface area contributed by atoms with Gasteiger partial charge in [0.05, 0.1) is 21.1 Å². The Labute approximate surface area is 111 Å². The molecule has 1 aromatic rings. The van der Waals surface area contributed by atoms with Crippen LogP contribution in [0.5, 0.6) is 5.75 Å². The van der Waals surface area contributed by atoms with E-state index in [4.69, 9.17) is 9.84 Å². The predicted molar refractivity (Wildman–Crippen MR) is 69.2 cm³/mol. The van der Waals surface area contributed by atoms with Gasteiger partial charge in [-0.1, -0.05) is 13.3 Å². The highest BCUT2D eigenvalue weighted by molar-refractivity contribution is 9.11. The van der Waals surface area contributed by atoms with Crippen LogP contribution in [0.3, 0.4) is 0 Å². The van der Waals surface area contributed by atoms with Crippen molar-refractivity contribution in [1.82, 2.24) is 0 Å². The van der Waals surface area contributed by atoms with Gasteiger partial charge >= 0.3 is 5.97 Å². The maximum atomic E-state index is 10.8. The van der Waals surface area contributed by atoms with Crippen molar-refractivity contribution in [2.45, 2.75) is 19.8 Å². The smallest absolute Gasteiger partial charge is 0.335 e. The van der Waals surface area contributed by atoms with Gasteiger partial charge in [-0.3, -0.25) is 0 Å². The number of carboxylic acids is 1. The van der Waals surface area contributed by atoms with Gasteiger partial charge in [-0.15, -0.1) is 0 Å². The van der Waals surface area contributed by atoms with E-state index in [1.807, 2.05) is 0 Å². The minimum atomic E-state index is -0.957. The molecule has 1 aromatic carbocycles. The van der Waals surface area contributed by atoms with Crippen molar-refractivity contribution in [3.8, 4) is 5.75 Å². The molecule has 0 radical (unpaired) electrons. The fourth-order valence-electron chi connectivity index (χ4n) is 1.14. The lowest BCUT2D eigenvalue weighted by Crippen LogP contribution is -2.01. The molecule has 0 atom stereocenters. The van der Waals surface area contributed by atoms with Gasteiger partial charge in [0.25, 0.3) is 0 Å². The number of hydrogen-bond donors (Lipinski definition) is 1. The molecule has 0 unspecified atom stereocenters. The van der Waals surface area contributed by atoms with Crippen LogP contribution in [-0.4, -0.2) is 17.7 Å². The molecule has 0 saturated carbocycles. The number of ether oxygens (including phenoxy) is 1. The molecular weight excluding hydrogens is 340 g/mol. The van der Waals surface area contributed by atoms with E-state index in [9.17, 15) is 4.79 Å². The molecule has 0 saturated heterocycles. The van der Waals surface area contributed by atoms with Crippen molar-refractivity contribution in [2.75, 3.05) is 6.61 Å². The molecule has 0 fully saturated rings. The zero-order valence-corrected chi connectivity index (χ0v) is 12.0. The Bertz CT molecular complexity index is 368. The summed E-state index contributed by atoms with van der Waals surface area (Å²) in [5, 5.41) is 8.86. The van der Waals surface area contributed by atoms with E-state index in [1.165, 1.54) is 12.1 Å². The van der Waals surface area contributed by atoms with Gasteiger partial charge in [-0.25, -0.2) is 4.79 Å². The number of carbonyl (C=O) groups is 1. The first kappa shape index (κ1) is 13.5. The van der Waals surface area contributed by atoms with Crippen LogP contribution in [0.2, 0.25) is 0 Å². The highest BCUT2D eigenvalue weighted by Crippen LogP contribution is 2.34. The molecule has 3 nitrogen and oxygen atoms in total. The Hall–Kier alpha value is -0.550. The van der Waals surface area contributed by atoms with E-state index in [-0.39, 0.29) is 5.56 Å². The van der Waals surface area contributed by atoms with E-state index < -0.39 is 5.97 Å². The lowest BCUT2D eigenvalue weighted by molar-refractivity contribution is 0.0696. The molecular formula is C11H12Br2O3. The van der Waals surface area contributed by atoms with E-state index in [1.54, 1.807) is 0 Å². The van der Waals surface area contributed by atoms with Gasteiger partial charge in [-0.05, 0) is 50.4 Å². The molecule has 0 heterocycles. The number of rotatable bonds is 5. The zero-order chi connectivity index (χ0) is 12.1. The van der Waals surface area contributed by atoms with E-state index in [0.29, 0.717) is 21.3 Å². The summed E-state index contributed by atoms with van der Waals surface area (Å²) in [6.07, 6.45) is 2.03. The van der Waals surface area contributed by atoms with Crippen LogP contribution < -0.4 is 4.74 Å². The molecule has 0 aliphatic heterocycles. The van der Waals surface area contributed by atoms with Crippen LogP contribution in [0.1, 0.15) is 30.1 Å². The van der Waals surface area contributed by atoms with Crippen molar-refractivity contribution in [2.24, 2.45) is 0 Å². The van der Waals surface area contributed by atoms with Crippen LogP contribution in [0.25, 0.3) is 0 Å². The molecule has 0 bridgehead atoms. The monoisotopic (exact) mass is 350 g/mol. The average molecular weight is 352 g/mol. The Balaban J connectivity index is 2.89. The van der Waals surface area contributed by atoms with Crippen molar-refractivity contribution in [3.05, 3.63) is 26.6 Å². The van der Waals surface area contributed by atoms with E-state index >= 15 is 0 Å². The summed E-state index contributed by atoms with van der Waals surface area (Å²) < 4.78 is 6.85. The molecule has 5 heteroatoms. The lowest BCUT2D eigenvalue weighted by Gasteiger charge is -2.10. The first-order chi connectivity index (χ1) is 7.56. The second-order valence-corrected chi connectivity index (χ2v) is 4.98. The van der Waals surface area contributed by atoms with Gasteiger partial charge in [0.1, 0.15) is 5.75 Å². The van der Waals surface area contributed by atoms with Crippen LogP contribution >= 0.6 is 31.9 Å². The number of carboxylic acid groups (broad SMARTS) is 1. The minimum Gasteiger partial charge on any atom is -0.491 e. The Morgan fingerprint density at radius 3 is 2.38 bits per heavy atom. The summed E-state index contributed by atoms with van der Waals surface area (Å²) in [5.41, 5.74) is 0.224. The van der Waals surface area contributed by atoms with Crippen molar-refractivity contribution in [3.63, 3.8) is 0 Å². The van der Waals surface area contributed by atoms with E-state index in [2.05, 4.69) is 38.8 Å². The van der Waals surface area contributed by atoms with Crippen LogP contribution in [0, 0.1) is 0 Å². The number of halogens is 2. The van der Waals surface area contributed by atoms with Crippen LogP contribution in [0.15, 0.2) is 21.1 Å². The zero-order valence-electron chi connectivity index (χ0n) is 8.80. The standard InChI is InChI=1S/C11H12Br2O3/c1-2-3-4-16-10-8(12)5-7(11(14)15)6-9(10)13/h5-6H,2-4H2,1H3,(H,14,15). The molecule has 1 rings (SSSR count). The number of hydrogen-bond acceptors (Lipinski definition) is 2. The maximum Gasteiger partial charge on any atom is 0.335 e. The molecule has 88 valence electrons. The third-order valence-corrected chi connectivity index (χ3v) is 3.17. The number of benzene rings is 1. The Morgan fingerprint density at radius 1 is 1.38 bits per heavy atom. The molecule has 0 aliphatic rings. The van der Waals surface area contributed by atoms with Crippen LogP contribution in [-0.2, 0) is 0 Å². The topological polar surface area (TPSA) is 46.5 Å². The normalized spacial score (nSPS) is 10.2. The first-order valence-corrected chi connectivity index (χ1v) is 6.50. The number of aromatic carboxylic acids is 1. The van der Waals surface area contributed by atoms with Crippen LogP contribution in [0.4, 0.5) is 0 Å². The lowest BCUT2D eigenvalue weighted by atomic mass is 10.2. The molecule has 1 N–H and O–H groups in total. The average Bonchev–Trinajstić information content (AvgIpc) is 2.21. The molecule has 0 spiro atoms. The highest BCUT2D eigenvalue weighted by Gasteiger charge is 2.12. The largest absolute Gasteiger partial charge is 0.491 e. The first-order valence-electron chi connectivity index (χ1n) is 4.91. The van der Waals surface area contributed by atoms with Gasteiger partial charge < -0.3 is 9.84 Å². The second-order valence-electron chi connectivity index (χ2n) is 3.28. The molecule has 16 heavy (non-hydrogen) atoms. The second kappa shape index (κ2) is 6.25. The Kier molecular flexibility index (Phi) is 5.28. The maximum absolute atomic E-state index is 10.8. The summed E-state index contributed by atoms with van der Waals surface area (Å²) in [7, 11) is 0. The molecule has 0 aromatic heterocycles. The van der Waals surface area contributed by atoms with Crippen molar-refractivity contribution >= 4 is 37.8 Å². The fraction of sp³-hybridized carbons (Fsp3) is 0.364. The third kappa shape index (κ3) is 3.49. The predicted octanol–water partition coefficient (Wildman–Crippen LogP) is 4.09. The van der Waals surface area contributed by atoms with Gasteiger partial charge in [0, 0.05) is 0 Å². The number of unbranched alkanes of at least 4 members (excludes halogenated alkanes) is 1. The Morgan fingerprint density at radius 2 is 1.94 bits per heavy atom. The van der Waals surface area contributed by atoms with Gasteiger partial charge in [-0.2, -0.15) is 0 Å². The molecule has 0 aliphatic carbocycles. The summed E-state index contributed by atoms with van der Waals surface area (Å²) in [6, 6.07) is 3.07. The molecule has 0 amide bonds. The van der Waals surface area contributed by atoms with Gasteiger partial charge in [0.15, 0.2) is 0 Å². The van der Waals surface area contributed by atoms with Crippen molar-refractivity contribution in [1.29, 1.82) is 0 Å². The minimum absolute atomic E-state index is 0.224. The highest BCUT2D eigenvalue weighted by atomic mass is 79.9. The summed E-state index contributed by atoms with van der Waals surface area (Å²) >= 11 is 6.60. The SMILES string of the molecule is CCCCOc1c(Br)cc(C(=O)O)cc1Br. The van der Waals surface area contributed by atoms with Crippen molar-refractivity contribution < 1.29 is 14.6 Å². The summed E-state index contributed by atoms with van der Waals surface area (Å²) in [4.78, 5) is 10.8. The summed E-state index contributed by atoms with van der Waals surface area (Å²) in [5.74, 6) is -0.306. The van der Waals surface area contributed by atoms with E-state index in [0.717, 1.165) is 12.8 Å².